The lowest BCUT2D eigenvalue weighted by Gasteiger charge is -2.24. The van der Waals surface area contributed by atoms with Crippen LogP contribution in [0.15, 0.2) is 0 Å². The van der Waals surface area contributed by atoms with Crippen molar-refractivity contribution in [2.75, 3.05) is 19.7 Å². The van der Waals surface area contributed by atoms with Crippen molar-refractivity contribution in [2.24, 2.45) is 11.1 Å². The van der Waals surface area contributed by atoms with Gasteiger partial charge in [0.25, 0.3) is 0 Å². The molecule has 0 aromatic heterocycles. The number of carbonyl (C=O) groups excluding carboxylic acids is 1. The third kappa shape index (κ3) is 4.18. The Morgan fingerprint density at radius 1 is 1.47 bits per heavy atom. The lowest BCUT2D eigenvalue weighted by atomic mass is 9.84. The Hall–Kier alpha value is -0.610. The first-order valence-corrected chi connectivity index (χ1v) is 5.68. The third-order valence-electron chi connectivity index (χ3n) is 2.87. The van der Waals surface area contributed by atoms with Crippen LogP contribution in [0.3, 0.4) is 0 Å². The lowest BCUT2D eigenvalue weighted by Crippen LogP contribution is -2.28. The lowest BCUT2D eigenvalue weighted by molar-refractivity contribution is -0.169. The van der Waals surface area contributed by atoms with Gasteiger partial charge in [-0.25, -0.2) is 5.06 Å². The van der Waals surface area contributed by atoms with Gasteiger partial charge >= 0.3 is 0 Å². The van der Waals surface area contributed by atoms with Crippen molar-refractivity contribution in [1.82, 2.24) is 5.06 Å². The smallest absolute Gasteiger partial charge is 0.246 e. The number of hydrogen-bond acceptors (Lipinski definition) is 3. The summed E-state index contributed by atoms with van der Waals surface area (Å²) < 4.78 is 0. The van der Waals surface area contributed by atoms with Crippen molar-refractivity contribution >= 4 is 5.91 Å². The van der Waals surface area contributed by atoms with Gasteiger partial charge in [0, 0.05) is 6.42 Å². The van der Waals surface area contributed by atoms with Crippen molar-refractivity contribution in [1.29, 1.82) is 0 Å². The van der Waals surface area contributed by atoms with E-state index in [-0.39, 0.29) is 11.3 Å². The van der Waals surface area contributed by atoms with Crippen LogP contribution in [0.1, 0.15) is 39.5 Å². The van der Waals surface area contributed by atoms with E-state index in [1.807, 2.05) is 0 Å². The maximum Gasteiger partial charge on any atom is 0.246 e. The maximum absolute atomic E-state index is 11.7. The Balaban J connectivity index is 2.26. The highest BCUT2D eigenvalue weighted by atomic mass is 16.7. The molecule has 15 heavy (non-hydrogen) atoms. The molecule has 0 radical (unpaired) electrons. The molecule has 1 amide bonds. The Labute approximate surface area is 91.7 Å². The van der Waals surface area contributed by atoms with Crippen molar-refractivity contribution in [3.8, 4) is 0 Å². The normalized spacial score (nSPS) is 17.1. The highest BCUT2D eigenvalue weighted by Gasteiger charge is 2.23. The molecule has 1 heterocycles. The summed E-state index contributed by atoms with van der Waals surface area (Å²) in [4.78, 5) is 16.9. The Kier molecular flexibility index (Phi) is 4.54. The highest BCUT2D eigenvalue weighted by molar-refractivity contribution is 5.75. The van der Waals surface area contributed by atoms with E-state index in [1.54, 1.807) is 0 Å². The van der Waals surface area contributed by atoms with E-state index in [0.29, 0.717) is 19.6 Å². The summed E-state index contributed by atoms with van der Waals surface area (Å²) in [6, 6.07) is 0. The molecule has 4 heteroatoms. The molecule has 0 aliphatic carbocycles. The third-order valence-corrected chi connectivity index (χ3v) is 2.87. The van der Waals surface area contributed by atoms with Crippen LogP contribution >= 0.6 is 0 Å². The molecule has 1 fully saturated rings. The fourth-order valence-corrected chi connectivity index (χ4v) is 1.73. The summed E-state index contributed by atoms with van der Waals surface area (Å²) in [5.41, 5.74) is 5.68. The topological polar surface area (TPSA) is 55.6 Å². The molecular weight excluding hydrogens is 192 g/mol. The Bertz CT molecular complexity index is 211. The molecule has 1 aliphatic rings. The number of amides is 1. The highest BCUT2D eigenvalue weighted by Crippen LogP contribution is 2.26. The van der Waals surface area contributed by atoms with Gasteiger partial charge in [-0.3, -0.25) is 9.63 Å². The van der Waals surface area contributed by atoms with Crippen molar-refractivity contribution in [3.63, 3.8) is 0 Å². The average Bonchev–Trinajstić information content (AvgIpc) is 2.67. The molecule has 0 aromatic carbocycles. The molecule has 0 unspecified atom stereocenters. The van der Waals surface area contributed by atoms with E-state index in [0.717, 1.165) is 25.8 Å². The van der Waals surface area contributed by atoms with Crippen LogP contribution < -0.4 is 5.73 Å². The molecule has 0 saturated carbocycles. The van der Waals surface area contributed by atoms with Crippen molar-refractivity contribution < 1.29 is 9.63 Å². The summed E-state index contributed by atoms with van der Waals surface area (Å²) in [5, 5.41) is 1.50. The number of hydrogen-bond donors (Lipinski definition) is 1. The molecule has 1 rings (SSSR count). The minimum absolute atomic E-state index is 0.109. The van der Waals surface area contributed by atoms with Gasteiger partial charge in [0.2, 0.25) is 5.91 Å². The first kappa shape index (κ1) is 12.5. The predicted molar refractivity (Wildman–Crippen MR) is 59.0 cm³/mol. The molecule has 1 aliphatic heterocycles. The predicted octanol–water partition coefficient (Wildman–Crippen LogP) is 1.31. The number of nitrogens with zero attached hydrogens (tertiary/aromatic N) is 1. The monoisotopic (exact) mass is 214 g/mol. The second-order valence-electron chi connectivity index (χ2n) is 4.89. The van der Waals surface area contributed by atoms with Crippen LogP contribution in [-0.4, -0.2) is 30.7 Å². The molecule has 4 nitrogen and oxygen atoms in total. The Morgan fingerprint density at radius 2 is 2.20 bits per heavy atom. The summed E-state index contributed by atoms with van der Waals surface area (Å²) in [6.07, 6.45) is 3.36. The Morgan fingerprint density at radius 3 is 2.73 bits per heavy atom. The largest absolute Gasteiger partial charge is 0.330 e. The molecule has 0 spiro atoms. The van der Waals surface area contributed by atoms with Gasteiger partial charge in [-0.15, -0.1) is 0 Å². The SMILES string of the molecule is CC(C)(CCN)CCC(=O)N1CCCO1. The minimum Gasteiger partial charge on any atom is -0.330 e. The van der Waals surface area contributed by atoms with Gasteiger partial charge in [-0.1, -0.05) is 13.8 Å². The summed E-state index contributed by atoms with van der Waals surface area (Å²) in [7, 11) is 0. The zero-order valence-corrected chi connectivity index (χ0v) is 9.79. The average molecular weight is 214 g/mol. The molecule has 0 aromatic rings. The molecular formula is C11H22N2O2. The van der Waals surface area contributed by atoms with E-state index in [1.165, 1.54) is 5.06 Å². The fourth-order valence-electron chi connectivity index (χ4n) is 1.73. The summed E-state index contributed by atoms with van der Waals surface area (Å²) in [5.74, 6) is 0.109. The fraction of sp³-hybridized carbons (Fsp3) is 0.909. The second-order valence-corrected chi connectivity index (χ2v) is 4.89. The van der Waals surface area contributed by atoms with Crippen LogP contribution in [0.4, 0.5) is 0 Å². The molecule has 88 valence electrons. The van der Waals surface area contributed by atoms with Crippen molar-refractivity contribution in [2.45, 2.75) is 39.5 Å². The van der Waals surface area contributed by atoms with Crippen LogP contribution in [0.2, 0.25) is 0 Å². The maximum atomic E-state index is 11.7. The van der Waals surface area contributed by atoms with Gasteiger partial charge in [-0.2, -0.15) is 0 Å². The van der Waals surface area contributed by atoms with Crippen LogP contribution in [0, 0.1) is 5.41 Å². The van der Waals surface area contributed by atoms with Crippen molar-refractivity contribution in [3.05, 3.63) is 0 Å². The number of hydroxylamine groups is 2. The quantitative estimate of drug-likeness (QED) is 0.750. The van der Waals surface area contributed by atoms with E-state index in [9.17, 15) is 4.79 Å². The van der Waals surface area contributed by atoms with E-state index < -0.39 is 0 Å². The van der Waals surface area contributed by atoms with Gasteiger partial charge in [0.1, 0.15) is 0 Å². The van der Waals surface area contributed by atoms with Crippen LogP contribution in [0.25, 0.3) is 0 Å². The van der Waals surface area contributed by atoms with Crippen LogP contribution in [0.5, 0.6) is 0 Å². The van der Waals surface area contributed by atoms with E-state index in [2.05, 4.69) is 13.8 Å². The number of rotatable bonds is 5. The van der Waals surface area contributed by atoms with E-state index >= 15 is 0 Å². The second kappa shape index (κ2) is 5.47. The standard InChI is InChI=1S/C11H22N2O2/c1-11(2,6-7-12)5-4-10(14)13-8-3-9-15-13/h3-9,12H2,1-2H3. The van der Waals surface area contributed by atoms with Gasteiger partial charge in [-0.05, 0) is 31.2 Å². The number of carbonyl (C=O) groups is 1. The van der Waals surface area contributed by atoms with Gasteiger partial charge < -0.3 is 5.73 Å². The van der Waals surface area contributed by atoms with E-state index in [4.69, 9.17) is 10.6 Å². The number of nitrogens with two attached hydrogens (primary N) is 1. The molecule has 1 saturated heterocycles. The molecule has 2 N–H and O–H groups in total. The van der Waals surface area contributed by atoms with Crippen LogP contribution in [-0.2, 0) is 9.63 Å². The first-order valence-electron chi connectivity index (χ1n) is 5.68. The molecule has 0 atom stereocenters. The minimum atomic E-state index is 0.109. The zero-order chi connectivity index (χ0) is 11.3. The zero-order valence-electron chi connectivity index (χ0n) is 9.79. The first-order chi connectivity index (χ1) is 7.05. The summed E-state index contributed by atoms with van der Waals surface area (Å²) >= 11 is 0. The molecule has 0 bridgehead atoms. The van der Waals surface area contributed by atoms with Gasteiger partial charge in [0.15, 0.2) is 0 Å². The summed E-state index contributed by atoms with van der Waals surface area (Å²) in [6.45, 7) is 6.41. The van der Waals surface area contributed by atoms with Gasteiger partial charge in [0.05, 0.1) is 13.2 Å².